The smallest absolute Gasteiger partial charge is 0.340 e. The normalized spacial score (nSPS) is 25.1. The van der Waals surface area contributed by atoms with Crippen LogP contribution in [0.3, 0.4) is 0 Å². The summed E-state index contributed by atoms with van der Waals surface area (Å²) in [5.41, 5.74) is 0. The topological polar surface area (TPSA) is 32.3 Å². The van der Waals surface area contributed by atoms with Gasteiger partial charge in [-0.1, -0.05) is 0 Å². The van der Waals surface area contributed by atoms with Crippen LogP contribution in [0.2, 0.25) is 0 Å². The van der Waals surface area contributed by atoms with Gasteiger partial charge in [0.2, 0.25) is 5.91 Å². The first-order valence-corrected chi connectivity index (χ1v) is 4.03. The van der Waals surface area contributed by atoms with Crippen molar-refractivity contribution >= 4 is 5.91 Å². The lowest BCUT2D eigenvalue weighted by atomic mass is 10.2. The molecule has 0 radical (unpaired) electrons. The summed E-state index contributed by atoms with van der Waals surface area (Å²) in [6, 6.07) is -1.58. The quantitative estimate of drug-likeness (QED) is 0.657. The molecule has 1 heterocycles. The number of alkyl halides is 3. The molecular weight excluding hydrogens is 185 g/mol. The number of rotatable bonds is 1. The van der Waals surface area contributed by atoms with E-state index in [-0.39, 0.29) is 19.0 Å². The first kappa shape index (κ1) is 10.3. The summed E-state index contributed by atoms with van der Waals surface area (Å²) in [7, 11) is 0. The number of amides is 1. The van der Waals surface area contributed by atoms with E-state index in [1.807, 2.05) is 0 Å². The standard InChI is InChI=1S/C7H11F3N2O/c1-2-12-4-5(7(8,9)10)11-3-6(12)13/h5,11H,2-4H2,1H3. The Morgan fingerprint density at radius 3 is 2.69 bits per heavy atom. The van der Waals surface area contributed by atoms with Crippen LogP contribution in [-0.4, -0.2) is 42.7 Å². The zero-order valence-electron chi connectivity index (χ0n) is 7.19. The molecule has 0 aromatic heterocycles. The summed E-state index contributed by atoms with van der Waals surface area (Å²) in [5.74, 6) is -0.275. The minimum atomic E-state index is -4.27. The van der Waals surface area contributed by atoms with E-state index in [1.54, 1.807) is 6.92 Å². The van der Waals surface area contributed by atoms with E-state index in [0.29, 0.717) is 6.54 Å². The van der Waals surface area contributed by atoms with Gasteiger partial charge < -0.3 is 4.90 Å². The highest BCUT2D eigenvalue weighted by molar-refractivity contribution is 5.79. The van der Waals surface area contributed by atoms with Gasteiger partial charge in [-0.3, -0.25) is 10.1 Å². The molecule has 13 heavy (non-hydrogen) atoms. The number of hydrogen-bond donors (Lipinski definition) is 1. The van der Waals surface area contributed by atoms with Gasteiger partial charge >= 0.3 is 6.18 Å². The van der Waals surface area contributed by atoms with E-state index in [1.165, 1.54) is 4.90 Å². The monoisotopic (exact) mass is 196 g/mol. The highest BCUT2D eigenvalue weighted by Gasteiger charge is 2.43. The Morgan fingerprint density at radius 1 is 1.62 bits per heavy atom. The van der Waals surface area contributed by atoms with Crippen molar-refractivity contribution in [2.75, 3.05) is 19.6 Å². The van der Waals surface area contributed by atoms with Crippen LogP contribution in [0.1, 0.15) is 6.92 Å². The lowest BCUT2D eigenvalue weighted by Gasteiger charge is -2.33. The number of carbonyl (C=O) groups is 1. The summed E-state index contributed by atoms with van der Waals surface area (Å²) in [6.07, 6.45) is -4.27. The van der Waals surface area contributed by atoms with E-state index < -0.39 is 12.2 Å². The van der Waals surface area contributed by atoms with Crippen LogP contribution in [0.15, 0.2) is 0 Å². The molecule has 1 unspecified atom stereocenters. The van der Waals surface area contributed by atoms with Crippen LogP contribution >= 0.6 is 0 Å². The van der Waals surface area contributed by atoms with Gasteiger partial charge in [-0.15, -0.1) is 0 Å². The largest absolute Gasteiger partial charge is 0.405 e. The number of carbonyl (C=O) groups excluding carboxylic acids is 1. The Labute approximate surface area is 73.9 Å². The molecule has 1 amide bonds. The zero-order chi connectivity index (χ0) is 10.1. The Kier molecular flexibility index (Phi) is 2.80. The molecule has 0 bridgehead atoms. The van der Waals surface area contributed by atoms with Crippen LogP contribution in [-0.2, 0) is 4.79 Å². The lowest BCUT2D eigenvalue weighted by Crippen LogP contribution is -2.59. The first-order valence-electron chi connectivity index (χ1n) is 4.03. The van der Waals surface area contributed by atoms with Gasteiger partial charge in [0, 0.05) is 13.1 Å². The van der Waals surface area contributed by atoms with Gasteiger partial charge in [-0.25, -0.2) is 0 Å². The second-order valence-corrected chi connectivity index (χ2v) is 2.91. The number of nitrogens with zero attached hydrogens (tertiary/aromatic N) is 1. The van der Waals surface area contributed by atoms with E-state index >= 15 is 0 Å². The van der Waals surface area contributed by atoms with E-state index in [2.05, 4.69) is 5.32 Å². The van der Waals surface area contributed by atoms with Gasteiger partial charge in [0.15, 0.2) is 0 Å². The molecule has 1 aliphatic rings. The van der Waals surface area contributed by atoms with Crippen LogP contribution in [0, 0.1) is 0 Å². The SMILES string of the molecule is CCN1CC(C(F)(F)F)NCC1=O. The zero-order valence-corrected chi connectivity index (χ0v) is 7.19. The van der Waals surface area contributed by atoms with Crippen molar-refractivity contribution in [1.82, 2.24) is 10.2 Å². The second-order valence-electron chi connectivity index (χ2n) is 2.91. The minimum Gasteiger partial charge on any atom is -0.340 e. The maximum absolute atomic E-state index is 12.2. The van der Waals surface area contributed by atoms with Gasteiger partial charge in [-0.2, -0.15) is 13.2 Å². The van der Waals surface area contributed by atoms with Crippen molar-refractivity contribution in [2.24, 2.45) is 0 Å². The van der Waals surface area contributed by atoms with Crippen molar-refractivity contribution in [1.29, 1.82) is 0 Å². The van der Waals surface area contributed by atoms with Crippen LogP contribution < -0.4 is 5.32 Å². The van der Waals surface area contributed by atoms with Crippen molar-refractivity contribution in [3.63, 3.8) is 0 Å². The molecule has 1 fully saturated rings. The summed E-state index contributed by atoms with van der Waals surface area (Å²) in [5, 5.41) is 2.16. The van der Waals surface area contributed by atoms with E-state index in [4.69, 9.17) is 0 Å². The number of likely N-dealkylation sites (N-methyl/N-ethyl adjacent to an activating group) is 1. The van der Waals surface area contributed by atoms with Crippen LogP contribution in [0.4, 0.5) is 13.2 Å². The molecule has 1 rings (SSSR count). The highest BCUT2D eigenvalue weighted by atomic mass is 19.4. The molecule has 0 saturated carbocycles. The molecule has 0 spiro atoms. The van der Waals surface area contributed by atoms with Crippen LogP contribution in [0.25, 0.3) is 0 Å². The third-order valence-corrected chi connectivity index (χ3v) is 2.03. The molecule has 1 N–H and O–H groups in total. The fraction of sp³-hybridized carbons (Fsp3) is 0.857. The summed E-state index contributed by atoms with van der Waals surface area (Å²) in [4.78, 5) is 12.2. The summed E-state index contributed by atoms with van der Waals surface area (Å²) >= 11 is 0. The molecule has 0 aromatic rings. The molecule has 1 atom stereocenters. The molecule has 1 aliphatic heterocycles. The molecule has 1 saturated heterocycles. The summed E-state index contributed by atoms with van der Waals surface area (Å²) < 4.78 is 36.5. The Hall–Kier alpha value is -0.780. The molecule has 76 valence electrons. The number of hydrogen-bond acceptors (Lipinski definition) is 2. The maximum atomic E-state index is 12.2. The van der Waals surface area contributed by atoms with Crippen molar-refractivity contribution < 1.29 is 18.0 Å². The number of halogens is 3. The molecule has 0 aromatic carbocycles. The van der Waals surface area contributed by atoms with Gasteiger partial charge in [0.05, 0.1) is 6.54 Å². The highest BCUT2D eigenvalue weighted by Crippen LogP contribution is 2.22. The summed E-state index contributed by atoms with van der Waals surface area (Å²) in [6.45, 7) is 1.49. The average Bonchev–Trinajstić information content (AvgIpc) is 2.03. The fourth-order valence-corrected chi connectivity index (χ4v) is 1.23. The predicted molar refractivity (Wildman–Crippen MR) is 40.1 cm³/mol. The Bertz CT molecular complexity index is 204. The van der Waals surface area contributed by atoms with Crippen molar-refractivity contribution in [2.45, 2.75) is 19.1 Å². The van der Waals surface area contributed by atoms with Crippen LogP contribution in [0.5, 0.6) is 0 Å². The van der Waals surface area contributed by atoms with Gasteiger partial charge in [0.1, 0.15) is 6.04 Å². The maximum Gasteiger partial charge on any atom is 0.405 e. The number of piperazine rings is 1. The third-order valence-electron chi connectivity index (χ3n) is 2.03. The lowest BCUT2D eigenvalue weighted by molar-refractivity contribution is -0.170. The van der Waals surface area contributed by atoms with Gasteiger partial charge in [-0.05, 0) is 6.92 Å². The van der Waals surface area contributed by atoms with Gasteiger partial charge in [0.25, 0.3) is 0 Å². The predicted octanol–water partition coefficient (Wildman–Crippen LogP) is 0.369. The van der Waals surface area contributed by atoms with Crippen molar-refractivity contribution in [3.05, 3.63) is 0 Å². The first-order chi connectivity index (χ1) is 5.95. The average molecular weight is 196 g/mol. The molecular formula is C7H11F3N2O. The fourth-order valence-electron chi connectivity index (χ4n) is 1.23. The van der Waals surface area contributed by atoms with E-state index in [0.717, 1.165) is 0 Å². The minimum absolute atomic E-state index is 0.224. The molecule has 6 heteroatoms. The van der Waals surface area contributed by atoms with Crippen molar-refractivity contribution in [3.8, 4) is 0 Å². The Balaban J connectivity index is 2.60. The third kappa shape index (κ3) is 2.33. The molecule has 3 nitrogen and oxygen atoms in total. The number of nitrogens with one attached hydrogen (secondary N) is 1. The second kappa shape index (κ2) is 3.53. The Morgan fingerprint density at radius 2 is 2.23 bits per heavy atom. The molecule has 0 aliphatic carbocycles. The van der Waals surface area contributed by atoms with E-state index in [9.17, 15) is 18.0 Å².